The fourth-order valence-corrected chi connectivity index (χ4v) is 2.67. The van der Waals surface area contributed by atoms with E-state index in [9.17, 15) is 19.5 Å². The number of amides is 2. The minimum Gasteiger partial charge on any atom is -0.547 e. The number of hydrogen-bond donors (Lipinski definition) is 2. The van der Waals surface area contributed by atoms with Gasteiger partial charge in [-0.2, -0.15) is 0 Å². The van der Waals surface area contributed by atoms with E-state index in [1.54, 1.807) is 18.2 Å². The molecule has 0 saturated heterocycles. The summed E-state index contributed by atoms with van der Waals surface area (Å²) in [5, 5.41) is 16.9. The molecule has 0 heterocycles. The van der Waals surface area contributed by atoms with E-state index in [4.69, 9.17) is 14.2 Å². The average Bonchev–Trinajstić information content (AvgIpc) is 2.80. The Kier molecular flexibility index (Phi) is 16.9. The SMILES string of the molecule is C=CC(=O)NCCCCOc1ccc(C(OCCCCNC(=O)C=C)C(=O)[O-])cc1OC.[Na+]. The topological polar surface area (TPSA) is 126 Å². The zero-order chi connectivity index (χ0) is 23.8. The molecule has 0 bridgehead atoms. The molecule has 33 heavy (non-hydrogen) atoms. The van der Waals surface area contributed by atoms with Crippen molar-refractivity contribution in [1.82, 2.24) is 10.6 Å². The van der Waals surface area contributed by atoms with Crippen LogP contribution in [0.15, 0.2) is 43.5 Å². The molecule has 0 fully saturated rings. The quantitative estimate of drug-likeness (QED) is 0.154. The zero-order valence-corrected chi connectivity index (χ0v) is 21.4. The molecule has 1 aromatic carbocycles. The minimum absolute atomic E-state index is 0. The maximum atomic E-state index is 11.6. The van der Waals surface area contributed by atoms with E-state index in [1.165, 1.54) is 19.3 Å². The van der Waals surface area contributed by atoms with Gasteiger partial charge >= 0.3 is 29.6 Å². The van der Waals surface area contributed by atoms with Gasteiger partial charge in [0.1, 0.15) is 6.10 Å². The van der Waals surface area contributed by atoms with Crippen molar-refractivity contribution in [3.8, 4) is 11.5 Å². The molecule has 0 aromatic heterocycles. The van der Waals surface area contributed by atoms with Gasteiger partial charge in [-0.25, -0.2) is 0 Å². The number of carbonyl (C=O) groups excluding carboxylic acids is 3. The average molecular weight is 470 g/mol. The number of benzene rings is 1. The smallest absolute Gasteiger partial charge is 0.547 e. The summed E-state index contributed by atoms with van der Waals surface area (Å²) in [5.74, 6) is -0.979. The van der Waals surface area contributed by atoms with Gasteiger partial charge in [0.05, 0.1) is 19.7 Å². The van der Waals surface area contributed by atoms with Gasteiger partial charge in [0, 0.05) is 19.7 Å². The summed E-state index contributed by atoms with van der Waals surface area (Å²) in [6.45, 7) is 8.31. The maximum Gasteiger partial charge on any atom is 1.00 e. The predicted octanol–water partition coefficient (Wildman–Crippen LogP) is -1.95. The number of unbranched alkanes of at least 4 members (excludes halogenated alkanes) is 2. The van der Waals surface area contributed by atoms with Gasteiger partial charge in [0.2, 0.25) is 11.8 Å². The molecule has 176 valence electrons. The molecule has 0 radical (unpaired) electrons. The van der Waals surface area contributed by atoms with Crippen LogP contribution in [0.5, 0.6) is 11.5 Å². The number of ether oxygens (including phenoxy) is 3. The molecule has 1 unspecified atom stereocenters. The molecule has 1 aromatic rings. The van der Waals surface area contributed by atoms with Crippen molar-refractivity contribution in [3.63, 3.8) is 0 Å². The van der Waals surface area contributed by atoms with Gasteiger partial charge in [-0.3, -0.25) is 9.59 Å². The maximum absolute atomic E-state index is 11.6. The third-order valence-electron chi connectivity index (χ3n) is 4.36. The molecule has 1 rings (SSSR count). The van der Waals surface area contributed by atoms with Crippen molar-refractivity contribution in [2.75, 3.05) is 33.4 Å². The number of aliphatic carboxylic acids is 1. The Morgan fingerprint density at radius 3 is 2.06 bits per heavy atom. The number of carbonyl (C=O) groups is 3. The van der Waals surface area contributed by atoms with Crippen molar-refractivity contribution in [3.05, 3.63) is 49.1 Å². The van der Waals surface area contributed by atoms with E-state index >= 15 is 0 Å². The van der Waals surface area contributed by atoms with E-state index in [0.29, 0.717) is 56.0 Å². The van der Waals surface area contributed by atoms with Crippen LogP contribution in [-0.4, -0.2) is 51.2 Å². The Morgan fingerprint density at radius 1 is 0.970 bits per heavy atom. The third kappa shape index (κ3) is 12.5. The number of hydrogen-bond acceptors (Lipinski definition) is 7. The summed E-state index contributed by atoms with van der Waals surface area (Å²) in [5.41, 5.74) is 0.376. The molecule has 10 heteroatoms. The van der Waals surface area contributed by atoms with E-state index in [-0.39, 0.29) is 48.0 Å². The summed E-state index contributed by atoms with van der Waals surface area (Å²) in [7, 11) is 1.46. The predicted molar refractivity (Wildman–Crippen MR) is 117 cm³/mol. The number of methoxy groups -OCH3 is 1. The summed E-state index contributed by atoms with van der Waals surface area (Å²) in [4.78, 5) is 33.7. The first-order chi connectivity index (χ1) is 15.4. The fraction of sp³-hybridized carbons (Fsp3) is 0.435. The standard InChI is InChI=1S/C23H32N2O7.Na/c1-4-20(26)24-12-6-8-14-31-18-11-10-17(16-19(18)30-3)22(23(28)29)32-15-9-7-13-25-21(27)5-2;/h4-5,10-11,16,22H,1-2,6-9,12-15H2,3H3,(H,24,26)(H,25,27)(H,28,29);/q;+1/p-1. The van der Waals surface area contributed by atoms with Crippen molar-refractivity contribution in [1.29, 1.82) is 0 Å². The van der Waals surface area contributed by atoms with Gasteiger partial charge < -0.3 is 34.7 Å². The Balaban J connectivity index is 0.0000102. The molecular formula is C23H31N2NaO7. The van der Waals surface area contributed by atoms with Gasteiger partial charge in [-0.05, 0) is 55.5 Å². The van der Waals surface area contributed by atoms with Crippen molar-refractivity contribution in [2.24, 2.45) is 0 Å². The van der Waals surface area contributed by atoms with Crippen LogP contribution in [0.3, 0.4) is 0 Å². The summed E-state index contributed by atoms with van der Waals surface area (Å²) < 4.78 is 16.5. The largest absolute Gasteiger partial charge is 1.00 e. The van der Waals surface area contributed by atoms with Crippen LogP contribution >= 0.6 is 0 Å². The molecular weight excluding hydrogens is 439 g/mol. The molecule has 9 nitrogen and oxygen atoms in total. The Bertz CT molecular complexity index is 786. The van der Waals surface area contributed by atoms with E-state index in [0.717, 1.165) is 6.42 Å². The first-order valence-electron chi connectivity index (χ1n) is 10.4. The third-order valence-corrected chi connectivity index (χ3v) is 4.36. The monoisotopic (exact) mass is 470 g/mol. The van der Waals surface area contributed by atoms with Crippen molar-refractivity contribution in [2.45, 2.75) is 31.8 Å². The first kappa shape index (κ1) is 30.7. The number of carboxylic acids is 1. The molecule has 0 aliphatic rings. The van der Waals surface area contributed by atoms with Gasteiger partial charge in [-0.15, -0.1) is 0 Å². The second kappa shape index (κ2) is 18.1. The van der Waals surface area contributed by atoms with E-state index in [2.05, 4.69) is 23.8 Å². The normalized spacial score (nSPS) is 10.8. The first-order valence-corrected chi connectivity index (χ1v) is 10.4. The molecule has 2 amide bonds. The molecule has 0 aliphatic heterocycles. The second-order valence-corrected chi connectivity index (χ2v) is 6.73. The number of nitrogens with one attached hydrogen (secondary N) is 2. The zero-order valence-electron chi connectivity index (χ0n) is 19.4. The van der Waals surface area contributed by atoms with E-state index in [1.807, 2.05) is 0 Å². The number of rotatable bonds is 17. The fourth-order valence-electron chi connectivity index (χ4n) is 2.67. The molecule has 0 saturated carbocycles. The van der Waals surface area contributed by atoms with Crippen LogP contribution in [0.1, 0.15) is 37.4 Å². The van der Waals surface area contributed by atoms with Crippen LogP contribution in [0.2, 0.25) is 0 Å². The van der Waals surface area contributed by atoms with Gasteiger partial charge in [0.15, 0.2) is 11.5 Å². The van der Waals surface area contributed by atoms with Crippen LogP contribution in [0, 0.1) is 0 Å². The Morgan fingerprint density at radius 2 is 1.55 bits per heavy atom. The molecule has 2 N–H and O–H groups in total. The van der Waals surface area contributed by atoms with Crippen LogP contribution in [0.25, 0.3) is 0 Å². The molecule has 1 atom stereocenters. The minimum atomic E-state index is -1.36. The summed E-state index contributed by atoms with van der Waals surface area (Å²) in [6.07, 6.45) is 3.79. The van der Waals surface area contributed by atoms with Crippen molar-refractivity contribution >= 4 is 17.8 Å². The van der Waals surface area contributed by atoms with E-state index < -0.39 is 12.1 Å². The molecule has 0 aliphatic carbocycles. The van der Waals surface area contributed by atoms with Crippen LogP contribution < -0.4 is 54.8 Å². The van der Waals surface area contributed by atoms with Gasteiger partial charge in [0.25, 0.3) is 0 Å². The molecule has 0 spiro atoms. The second-order valence-electron chi connectivity index (χ2n) is 6.73. The van der Waals surface area contributed by atoms with Crippen LogP contribution in [0.4, 0.5) is 0 Å². The Labute approximate surface area is 216 Å². The Hall–Kier alpha value is -2.33. The summed E-state index contributed by atoms with van der Waals surface area (Å²) >= 11 is 0. The van der Waals surface area contributed by atoms with Crippen LogP contribution in [-0.2, 0) is 19.1 Å². The van der Waals surface area contributed by atoms with Crippen molar-refractivity contribution < 1.29 is 63.3 Å². The number of carboxylic acid groups (broad SMARTS) is 1. The summed E-state index contributed by atoms with van der Waals surface area (Å²) in [6, 6.07) is 4.76. The van der Waals surface area contributed by atoms with Gasteiger partial charge in [-0.1, -0.05) is 19.2 Å².